The van der Waals surface area contributed by atoms with E-state index in [0.29, 0.717) is 23.9 Å². The van der Waals surface area contributed by atoms with E-state index in [1.807, 2.05) is 0 Å². The van der Waals surface area contributed by atoms with Gasteiger partial charge in [-0.2, -0.15) is 0 Å². The van der Waals surface area contributed by atoms with Gasteiger partial charge in [0.1, 0.15) is 0 Å². The van der Waals surface area contributed by atoms with Crippen molar-refractivity contribution in [2.45, 2.75) is 33.6 Å². The predicted octanol–water partition coefficient (Wildman–Crippen LogP) is 2.61. The van der Waals surface area contributed by atoms with Gasteiger partial charge in [-0.3, -0.25) is 0 Å². The minimum absolute atomic E-state index is 0.317. The van der Waals surface area contributed by atoms with E-state index in [-0.39, 0.29) is 0 Å². The summed E-state index contributed by atoms with van der Waals surface area (Å²) in [7, 11) is 0. The number of rotatable bonds is 2. The molecule has 0 saturated carbocycles. The van der Waals surface area contributed by atoms with Crippen LogP contribution in [0.25, 0.3) is 0 Å². The third kappa shape index (κ3) is 2.98. The molecule has 70 valence electrons. The maximum absolute atomic E-state index is 8.93. The van der Waals surface area contributed by atoms with Crippen LogP contribution in [0, 0.1) is 17.3 Å². The minimum Gasteiger partial charge on any atom is -0.396 e. The summed E-state index contributed by atoms with van der Waals surface area (Å²) in [6.45, 7) is 7.13. The Morgan fingerprint density at radius 1 is 1.25 bits per heavy atom. The van der Waals surface area contributed by atoms with Crippen LogP contribution in [0.3, 0.4) is 0 Å². The molecular weight excluding hydrogens is 148 g/mol. The Balaban J connectivity index is 2.34. The van der Waals surface area contributed by atoms with Gasteiger partial charge in [-0.05, 0) is 24.2 Å². The van der Waals surface area contributed by atoms with Crippen LogP contribution in [0.4, 0.5) is 0 Å². The Hall–Kier alpha value is -0.300. The second kappa shape index (κ2) is 3.61. The molecule has 1 rings (SSSR count). The largest absolute Gasteiger partial charge is 0.396 e. The van der Waals surface area contributed by atoms with Gasteiger partial charge in [0.05, 0.1) is 0 Å². The van der Waals surface area contributed by atoms with Crippen molar-refractivity contribution in [3.05, 3.63) is 12.2 Å². The number of aliphatic hydroxyl groups is 1. The fourth-order valence-electron chi connectivity index (χ4n) is 1.93. The minimum atomic E-state index is 0.317. The van der Waals surface area contributed by atoms with Gasteiger partial charge in [0.25, 0.3) is 0 Å². The van der Waals surface area contributed by atoms with E-state index in [2.05, 4.69) is 32.9 Å². The molecule has 1 aliphatic carbocycles. The van der Waals surface area contributed by atoms with E-state index < -0.39 is 0 Å². The summed E-state index contributed by atoms with van der Waals surface area (Å²) in [5.74, 6) is 1.12. The second-order valence-electron chi connectivity index (χ2n) is 5.09. The zero-order valence-electron chi connectivity index (χ0n) is 8.38. The zero-order valence-corrected chi connectivity index (χ0v) is 8.38. The first kappa shape index (κ1) is 9.79. The maximum Gasteiger partial charge on any atom is 0.0494 e. The lowest BCUT2D eigenvalue weighted by atomic mass is 9.84. The molecule has 1 nitrogen and oxygen atoms in total. The molecular formula is C11H20O. The predicted molar refractivity (Wildman–Crippen MR) is 51.9 cm³/mol. The number of aliphatic hydroxyl groups excluding tert-OH is 1. The van der Waals surface area contributed by atoms with Gasteiger partial charge in [-0.1, -0.05) is 32.9 Å². The van der Waals surface area contributed by atoms with E-state index in [0.717, 1.165) is 6.42 Å². The molecule has 0 unspecified atom stereocenters. The summed E-state index contributed by atoms with van der Waals surface area (Å²) in [4.78, 5) is 0. The molecule has 2 atom stereocenters. The average Bonchev–Trinajstić information content (AvgIpc) is 2.32. The van der Waals surface area contributed by atoms with E-state index >= 15 is 0 Å². The number of hydrogen-bond donors (Lipinski definition) is 1. The van der Waals surface area contributed by atoms with E-state index in [4.69, 9.17) is 5.11 Å². The molecule has 12 heavy (non-hydrogen) atoms. The Bertz CT molecular complexity index is 164. The van der Waals surface area contributed by atoms with Crippen molar-refractivity contribution in [3.63, 3.8) is 0 Å². The second-order valence-corrected chi connectivity index (χ2v) is 5.09. The quantitative estimate of drug-likeness (QED) is 0.628. The normalized spacial score (nSPS) is 29.7. The molecule has 0 aromatic rings. The van der Waals surface area contributed by atoms with Crippen molar-refractivity contribution in [1.82, 2.24) is 0 Å². The average molecular weight is 168 g/mol. The van der Waals surface area contributed by atoms with E-state index in [1.165, 1.54) is 6.42 Å². The molecule has 0 spiro atoms. The first-order valence-corrected chi connectivity index (χ1v) is 4.80. The molecule has 0 fully saturated rings. The van der Waals surface area contributed by atoms with Gasteiger partial charge < -0.3 is 5.11 Å². The third-order valence-electron chi connectivity index (χ3n) is 2.37. The van der Waals surface area contributed by atoms with Crippen molar-refractivity contribution in [2.24, 2.45) is 17.3 Å². The van der Waals surface area contributed by atoms with Crippen LogP contribution in [-0.2, 0) is 0 Å². The lowest BCUT2D eigenvalue weighted by molar-refractivity contribution is 0.232. The van der Waals surface area contributed by atoms with Gasteiger partial charge in [0.2, 0.25) is 0 Å². The molecule has 0 aromatic carbocycles. The molecule has 0 bridgehead atoms. The Morgan fingerprint density at radius 2 is 1.83 bits per heavy atom. The summed E-state index contributed by atoms with van der Waals surface area (Å²) in [5.41, 5.74) is 0.416. The van der Waals surface area contributed by atoms with Crippen molar-refractivity contribution >= 4 is 0 Å². The lowest BCUT2D eigenvalue weighted by Crippen LogP contribution is -2.12. The summed E-state index contributed by atoms with van der Waals surface area (Å²) >= 11 is 0. The van der Waals surface area contributed by atoms with Gasteiger partial charge in [-0.25, -0.2) is 0 Å². The smallest absolute Gasteiger partial charge is 0.0494 e. The first-order chi connectivity index (χ1) is 5.51. The highest BCUT2D eigenvalue weighted by Crippen LogP contribution is 2.33. The highest BCUT2D eigenvalue weighted by molar-refractivity contribution is 5.02. The molecule has 0 saturated heterocycles. The number of allylic oxidation sites excluding steroid dienone is 1. The Kier molecular flexibility index (Phi) is 2.94. The van der Waals surface area contributed by atoms with Crippen LogP contribution in [0.1, 0.15) is 33.6 Å². The SMILES string of the molecule is CC(C)(C)C[C@@H]1C=C[C@@H](CO)C1. The van der Waals surface area contributed by atoms with Gasteiger partial charge in [0.15, 0.2) is 0 Å². The summed E-state index contributed by atoms with van der Waals surface area (Å²) in [6, 6.07) is 0. The van der Waals surface area contributed by atoms with Crippen molar-refractivity contribution in [1.29, 1.82) is 0 Å². The van der Waals surface area contributed by atoms with Crippen LogP contribution in [0.2, 0.25) is 0 Å². The van der Waals surface area contributed by atoms with Crippen LogP contribution in [-0.4, -0.2) is 11.7 Å². The van der Waals surface area contributed by atoms with Gasteiger partial charge >= 0.3 is 0 Å². The van der Waals surface area contributed by atoms with E-state index in [9.17, 15) is 0 Å². The van der Waals surface area contributed by atoms with Gasteiger partial charge in [-0.15, -0.1) is 0 Å². The van der Waals surface area contributed by atoms with Crippen LogP contribution >= 0.6 is 0 Å². The summed E-state index contributed by atoms with van der Waals surface area (Å²) in [5, 5.41) is 8.93. The fourth-order valence-corrected chi connectivity index (χ4v) is 1.93. The topological polar surface area (TPSA) is 20.2 Å². The third-order valence-corrected chi connectivity index (χ3v) is 2.37. The molecule has 1 N–H and O–H groups in total. The zero-order chi connectivity index (χ0) is 9.19. The molecule has 0 amide bonds. The molecule has 0 aliphatic heterocycles. The molecule has 1 heteroatoms. The monoisotopic (exact) mass is 168 g/mol. The molecule has 0 radical (unpaired) electrons. The Labute approximate surface area is 75.5 Å². The lowest BCUT2D eigenvalue weighted by Gasteiger charge is -2.22. The van der Waals surface area contributed by atoms with Crippen molar-refractivity contribution in [2.75, 3.05) is 6.61 Å². The van der Waals surface area contributed by atoms with Crippen molar-refractivity contribution < 1.29 is 5.11 Å². The number of hydrogen-bond acceptors (Lipinski definition) is 1. The van der Waals surface area contributed by atoms with Crippen LogP contribution in [0.5, 0.6) is 0 Å². The molecule has 0 heterocycles. The molecule has 1 aliphatic rings. The highest BCUT2D eigenvalue weighted by Gasteiger charge is 2.22. The summed E-state index contributed by atoms with van der Waals surface area (Å²) < 4.78 is 0. The first-order valence-electron chi connectivity index (χ1n) is 4.80. The maximum atomic E-state index is 8.93. The van der Waals surface area contributed by atoms with Crippen molar-refractivity contribution in [3.8, 4) is 0 Å². The van der Waals surface area contributed by atoms with Crippen LogP contribution < -0.4 is 0 Å². The standard InChI is InChI=1S/C11H20O/c1-11(2,3)7-9-4-5-10(6-9)8-12/h4-5,9-10,12H,6-8H2,1-3H3/t9-,10-/m1/s1. The van der Waals surface area contributed by atoms with Crippen LogP contribution in [0.15, 0.2) is 12.2 Å². The highest BCUT2D eigenvalue weighted by atomic mass is 16.3. The summed E-state index contributed by atoms with van der Waals surface area (Å²) in [6.07, 6.45) is 6.82. The van der Waals surface area contributed by atoms with E-state index in [1.54, 1.807) is 0 Å². The Morgan fingerprint density at radius 3 is 2.25 bits per heavy atom. The van der Waals surface area contributed by atoms with Gasteiger partial charge in [0, 0.05) is 12.5 Å². The molecule has 0 aromatic heterocycles. The fraction of sp³-hybridized carbons (Fsp3) is 0.818.